The minimum atomic E-state index is -0.629. The lowest BCUT2D eigenvalue weighted by Crippen LogP contribution is -2.38. The van der Waals surface area contributed by atoms with Crippen molar-refractivity contribution >= 4 is 29.3 Å². The van der Waals surface area contributed by atoms with Crippen LogP contribution in [0.5, 0.6) is 0 Å². The average molecular weight is 253 g/mol. The van der Waals surface area contributed by atoms with Crippen LogP contribution in [0.2, 0.25) is 0 Å². The zero-order chi connectivity index (χ0) is 12.7. The highest BCUT2D eigenvalue weighted by atomic mass is 32.1. The number of carbonyl (C=O) groups excluding carboxylic acids is 2. The lowest BCUT2D eigenvalue weighted by molar-refractivity contribution is -0.146. The van der Waals surface area contributed by atoms with Gasteiger partial charge in [-0.25, -0.2) is 4.79 Å². The summed E-state index contributed by atoms with van der Waals surface area (Å²) >= 11 is 1.54. The highest BCUT2D eigenvalue weighted by molar-refractivity contribution is 7.10. The first kappa shape index (κ1) is 13.4. The fourth-order valence-electron chi connectivity index (χ4n) is 1.13. The van der Waals surface area contributed by atoms with E-state index < -0.39 is 12.0 Å². The zero-order valence-corrected chi connectivity index (χ0v) is 10.6. The van der Waals surface area contributed by atoms with E-state index in [2.05, 4.69) is 5.32 Å². The molecule has 5 heteroatoms. The lowest BCUT2D eigenvalue weighted by Gasteiger charge is -2.10. The van der Waals surface area contributed by atoms with Gasteiger partial charge in [0.1, 0.15) is 6.04 Å². The minimum Gasteiger partial charge on any atom is -0.464 e. The van der Waals surface area contributed by atoms with E-state index in [4.69, 9.17) is 4.74 Å². The maximum Gasteiger partial charge on any atom is 0.328 e. The van der Waals surface area contributed by atoms with Crippen molar-refractivity contribution in [3.8, 4) is 0 Å². The van der Waals surface area contributed by atoms with Crippen LogP contribution in [0.25, 0.3) is 6.08 Å². The van der Waals surface area contributed by atoms with Gasteiger partial charge in [-0.2, -0.15) is 0 Å². The molecule has 0 aromatic carbocycles. The Kier molecular flexibility index (Phi) is 5.42. The van der Waals surface area contributed by atoms with Gasteiger partial charge in [-0.3, -0.25) is 4.79 Å². The van der Waals surface area contributed by atoms with E-state index in [1.54, 1.807) is 19.9 Å². The van der Waals surface area contributed by atoms with Gasteiger partial charge in [0.05, 0.1) is 6.61 Å². The molecule has 0 aliphatic heterocycles. The Morgan fingerprint density at radius 2 is 2.35 bits per heavy atom. The van der Waals surface area contributed by atoms with Crippen molar-refractivity contribution in [1.82, 2.24) is 5.32 Å². The third kappa shape index (κ3) is 4.82. The van der Waals surface area contributed by atoms with Crippen molar-refractivity contribution in [3.63, 3.8) is 0 Å². The maximum atomic E-state index is 11.5. The van der Waals surface area contributed by atoms with Crippen molar-refractivity contribution in [2.24, 2.45) is 0 Å². The fourth-order valence-corrected chi connectivity index (χ4v) is 1.75. The molecule has 1 amide bonds. The van der Waals surface area contributed by atoms with Crippen molar-refractivity contribution in [1.29, 1.82) is 0 Å². The van der Waals surface area contributed by atoms with Gasteiger partial charge < -0.3 is 10.1 Å². The maximum absolute atomic E-state index is 11.5. The van der Waals surface area contributed by atoms with Gasteiger partial charge in [0.25, 0.3) is 0 Å². The van der Waals surface area contributed by atoms with E-state index in [1.165, 1.54) is 17.4 Å². The number of hydrogen-bond donors (Lipinski definition) is 1. The molecule has 0 fully saturated rings. The second-order valence-electron chi connectivity index (χ2n) is 3.33. The molecular weight excluding hydrogens is 238 g/mol. The Hall–Kier alpha value is -1.62. The summed E-state index contributed by atoms with van der Waals surface area (Å²) < 4.78 is 4.78. The van der Waals surface area contributed by atoms with E-state index in [1.807, 2.05) is 17.5 Å². The molecule has 1 aromatic heterocycles. The van der Waals surface area contributed by atoms with E-state index in [9.17, 15) is 9.59 Å². The second-order valence-corrected chi connectivity index (χ2v) is 4.31. The van der Waals surface area contributed by atoms with Crippen molar-refractivity contribution in [2.75, 3.05) is 6.61 Å². The molecule has 0 aliphatic carbocycles. The quantitative estimate of drug-likeness (QED) is 0.643. The summed E-state index contributed by atoms with van der Waals surface area (Å²) in [4.78, 5) is 23.7. The lowest BCUT2D eigenvalue weighted by atomic mass is 10.3. The fraction of sp³-hybridized carbons (Fsp3) is 0.333. The number of hydrogen-bond acceptors (Lipinski definition) is 4. The molecule has 17 heavy (non-hydrogen) atoms. The van der Waals surface area contributed by atoms with Crippen LogP contribution in [0.4, 0.5) is 0 Å². The first-order valence-corrected chi connectivity index (χ1v) is 6.20. The molecule has 1 rings (SSSR count). The molecule has 92 valence electrons. The van der Waals surface area contributed by atoms with E-state index in [-0.39, 0.29) is 5.91 Å². The van der Waals surface area contributed by atoms with Crippen LogP contribution < -0.4 is 5.32 Å². The molecule has 0 saturated heterocycles. The van der Waals surface area contributed by atoms with Crippen LogP contribution in [-0.2, 0) is 14.3 Å². The van der Waals surface area contributed by atoms with Crippen LogP contribution >= 0.6 is 11.3 Å². The summed E-state index contributed by atoms with van der Waals surface area (Å²) in [7, 11) is 0. The number of rotatable bonds is 5. The molecule has 1 unspecified atom stereocenters. The predicted octanol–water partition coefficient (Wildman–Crippen LogP) is 1.83. The van der Waals surface area contributed by atoms with Gasteiger partial charge in [-0.1, -0.05) is 6.07 Å². The largest absolute Gasteiger partial charge is 0.464 e. The number of thiophene rings is 1. The van der Waals surface area contributed by atoms with E-state index >= 15 is 0 Å². The summed E-state index contributed by atoms with van der Waals surface area (Å²) in [6.07, 6.45) is 3.11. The molecule has 0 aliphatic rings. The molecule has 1 atom stereocenters. The first-order valence-electron chi connectivity index (χ1n) is 5.32. The molecule has 1 aromatic rings. The third-order valence-electron chi connectivity index (χ3n) is 1.94. The minimum absolute atomic E-state index is 0.307. The molecular formula is C12H15NO3S. The molecule has 1 heterocycles. The topological polar surface area (TPSA) is 55.4 Å². The Morgan fingerprint density at radius 3 is 2.94 bits per heavy atom. The summed E-state index contributed by atoms with van der Waals surface area (Å²) in [5.74, 6) is -0.732. The van der Waals surface area contributed by atoms with Crippen LogP contribution in [0, 0.1) is 0 Å². The van der Waals surface area contributed by atoms with Gasteiger partial charge in [0.2, 0.25) is 5.91 Å². The Balaban J connectivity index is 2.41. The van der Waals surface area contributed by atoms with Gasteiger partial charge in [0.15, 0.2) is 0 Å². The number of carbonyl (C=O) groups is 2. The summed E-state index contributed by atoms with van der Waals surface area (Å²) in [5.41, 5.74) is 0. The molecule has 4 nitrogen and oxygen atoms in total. The van der Waals surface area contributed by atoms with Crippen LogP contribution in [0.15, 0.2) is 23.6 Å². The van der Waals surface area contributed by atoms with Crippen LogP contribution in [-0.4, -0.2) is 24.5 Å². The van der Waals surface area contributed by atoms with Gasteiger partial charge in [-0.15, -0.1) is 11.3 Å². The number of ether oxygens (including phenoxy) is 1. The van der Waals surface area contributed by atoms with Gasteiger partial charge in [-0.05, 0) is 31.4 Å². The third-order valence-corrected chi connectivity index (χ3v) is 2.78. The van der Waals surface area contributed by atoms with Crippen LogP contribution in [0.3, 0.4) is 0 Å². The standard InChI is InChI=1S/C12H15NO3S/c1-3-16-12(15)9(2)13-11(14)7-6-10-5-4-8-17-10/h4-9H,3H2,1-2H3,(H,13,14). The average Bonchev–Trinajstić information content (AvgIpc) is 2.79. The molecule has 0 saturated carbocycles. The highest BCUT2D eigenvalue weighted by Crippen LogP contribution is 2.09. The number of esters is 1. The molecule has 0 radical (unpaired) electrons. The normalized spacial score (nSPS) is 12.4. The predicted molar refractivity (Wildman–Crippen MR) is 67.6 cm³/mol. The Morgan fingerprint density at radius 1 is 1.59 bits per heavy atom. The summed E-state index contributed by atoms with van der Waals surface area (Å²) in [6, 6.07) is 3.18. The first-order chi connectivity index (χ1) is 8.13. The summed E-state index contributed by atoms with van der Waals surface area (Å²) in [5, 5.41) is 4.46. The molecule has 1 N–H and O–H groups in total. The van der Waals surface area contributed by atoms with Gasteiger partial charge >= 0.3 is 5.97 Å². The Bertz CT molecular complexity index is 398. The zero-order valence-electron chi connectivity index (χ0n) is 9.80. The van der Waals surface area contributed by atoms with Crippen molar-refractivity contribution < 1.29 is 14.3 Å². The van der Waals surface area contributed by atoms with Crippen LogP contribution in [0.1, 0.15) is 18.7 Å². The molecule has 0 bridgehead atoms. The van der Waals surface area contributed by atoms with E-state index in [0.717, 1.165) is 4.88 Å². The SMILES string of the molecule is CCOC(=O)C(C)NC(=O)C=Cc1cccs1. The van der Waals surface area contributed by atoms with Crippen molar-refractivity contribution in [2.45, 2.75) is 19.9 Å². The van der Waals surface area contributed by atoms with Gasteiger partial charge in [0, 0.05) is 11.0 Å². The summed E-state index contributed by atoms with van der Waals surface area (Å²) in [6.45, 7) is 3.63. The van der Waals surface area contributed by atoms with E-state index in [0.29, 0.717) is 6.61 Å². The number of nitrogens with one attached hydrogen (secondary N) is 1. The Labute approximate surface area is 104 Å². The highest BCUT2D eigenvalue weighted by Gasteiger charge is 2.14. The number of amides is 1. The monoisotopic (exact) mass is 253 g/mol. The smallest absolute Gasteiger partial charge is 0.328 e. The second kappa shape index (κ2) is 6.85. The molecule has 0 spiro atoms. The van der Waals surface area contributed by atoms with Crippen molar-refractivity contribution in [3.05, 3.63) is 28.5 Å².